The van der Waals surface area contributed by atoms with Gasteiger partial charge in [-0.05, 0) is 44.4 Å². The lowest BCUT2D eigenvalue weighted by Gasteiger charge is -2.48. The van der Waals surface area contributed by atoms with Crippen LogP contribution >= 0.6 is 0 Å². The first-order chi connectivity index (χ1) is 9.60. The number of benzene rings is 1. The van der Waals surface area contributed by atoms with Gasteiger partial charge < -0.3 is 5.32 Å². The second-order valence-corrected chi connectivity index (χ2v) is 6.62. The van der Waals surface area contributed by atoms with E-state index in [2.05, 4.69) is 24.1 Å². The van der Waals surface area contributed by atoms with Gasteiger partial charge in [0.25, 0.3) is 0 Å². The van der Waals surface area contributed by atoms with Gasteiger partial charge in [-0.15, -0.1) is 0 Å². The van der Waals surface area contributed by atoms with E-state index in [9.17, 15) is 4.39 Å². The van der Waals surface area contributed by atoms with E-state index in [0.29, 0.717) is 11.6 Å². The Labute approximate surface area is 121 Å². The van der Waals surface area contributed by atoms with Gasteiger partial charge in [-0.2, -0.15) is 0 Å². The molecule has 1 saturated carbocycles. The van der Waals surface area contributed by atoms with Crippen LogP contribution in [0.4, 0.5) is 4.39 Å². The fraction of sp³-hybridized carbons (Fsp3) is 0.647. The summed E-state index contributed by atoms with van der Waals surface area (Å²) in [6.45, 7) is 6.61. The summed E-state index contributed by atoms with van der Waals surface area (Å²) in [6.07, 6.45) is 5.24. The second kappa shape index (κ2) is 5.45. The molecule has 1 aromatic carbocycles. The van der Waals surface area contributed by atoms with Gasteiger partial charge in [0, 0.05) is 30.7 Å². The molecule has 1 spiro atoms. The molecule has 20 heavy (non-hydrogen) atoms. The molecule has 2 fully saturated rings. The Morgan fingerprint density at radius 1 is 1.35 bits per heavy atom. The summed E-state index contributed by atoms with van der Waals surface area (Å²) in [7, 11) is 0. The van der Waals surface area contributed by atoms with Gasteiger partial charge in [0.1, 0.15) is 5.82 Å². The Kier molecular flexibility index (Phi) is 3.83. The summed E-state index contributed by atoms with van der Waals surface area (Å²) in [5.74, 6) is -0.132. The van der Waals surface area contributed by atoms with Crippen molar-refractivity contribution < 1.29 is 4.39 Å². The van der Waals surface area contributed by atoms with Gasteiger partial charge in [0.2, 0.25) is 0 Å². The highest BCUT2D eigenvalue weighted by Crippen LogP contribution is 2.36. The molecule has 1 saturated heterocycles. The lowest BCUT2D eigenvalue weighted by molar-refractivity contribution is 0.0562. The van der Waals surface area contributed by atoms with Crippen LogP contribution in [0.25, 0.3) is 0 Å². The second-order valence-electron chi connectivity index (χ2n) is 6.62. The van der Waals surface area contributed by atoms with Gasteiger partial charge in [-0.1, -0.05) is 25.0 Å². The number of halogens is 1. The zero-order valence-corrected chi connectivity index (χ0v) is 12.5. The molecule has 1 aromatic rings. The summed E-state index contributed by atoms with van der Waals surface area (Å²) in [5, 5.41) is 3.78. The molecule has 3 heteroatoms. The quantitative estimate of drug-likeness (QED) is 0.889. The molecule has 3 rings (SSSR count). The van der Waals surface area contributed by atoms with Crippen LogP contribution < -0.4 is 5.32 Å². The number of hydrogen-bond acceptors (Lipinski definition) is 2. The van der Waals surface area contributed by atoms with Crippen LogP contribution in [-0.2, 0) is 0 Å². The van der Waals surface area contributed by atoms with Crippen LogP contribution in [-0.4, -0.2) is 29.6 Å². The minimum Gasteiger partial charge on any atom is -0.308 e. The Hall–Kier alpha value is -0.930. The number of hydrogen-bond donors (Lipinski definition) is 1. The lowest BCUT2D eigenvalue weighted by Crippen LogP contribution is -2.62. The molecule has 2 aliphatic rings. The molecule has 0 radical (unpaired) electrons. The number of rotatable bonds is 2. The van der Waals surface area contributed by atoms with Gasteiger partial charge >= 0.3 is 0 Å². The van der Waals surface area contributed by atoms with Crippen LogP contribution in [0.1, 0.15) is 51.1 Å². The van der Waals surface area contributed by atoms with Crippen LogP contribution in [0.15, 0.2) is 24.3 Å². The third-order valence-corrected chi connectivity index (χ3v) is 5.21. The SMILES string of the molecule is CC1CNC2(CCCC2)CN1C(C)c1cccc(F)c1. The maximum Gasteiger partial charge on any atom is 0.123 e. The predicted octanol–water partition coefficient (Wildman–Crippen LogP) is 3.49. The highest BCUT2D eigenvalue weighted by Gasteiger charge is 2.41. The van der Waals surface area contributed by atoms with Gasteiger partial charge in [0.15, 0.2) is 0 Å². The molecule has 0 bridgehead atoms. The predicted molar refractivity (Wildman–Crippen MR) is 80.2 cm³/mol. The van der Waals surface area contributed by atoms with E-state index in [-0.39, 0.29) is 11.9 Å². The van der Waals surface area contributed by atoms with E-state index < -0.39 is 0 Å². The van der Waals surface area contributed by atoms with Crippen molar-refractivity contribution in [3.8, 4) is 0 Å². The van der Waals surface area contributed by atoms with Crippen molar-refractivity contribution in [2.75, 3.05) is 13.1 Å². The Bertz CT molecular complexity index is 468. The van der Waals surface area contributed by atoms with Crippen LogP contribution in [0.5, 0.6) is 0 Å². The monoisotopic (exact) mass is 276 g/mol. The maximum absolute atomic E-state index is 13.5. The summed E-state index contributed by atoms with van der Waals surface area (Å²) >= 11 is 0. The molecule has 1 aliphatic heterocycles. The fourth-order valence-electron chi connectivity index (χ4n) is 3.91. The van der Waals surface area contributed by atoms with E-state index in [1.54, 1.807) is 6.07 Å². The van der Waals surface area contributed by atoms with Crippen molar-refractivity contribution in [3.63, 3.8) is 0 Å². The summed E-state index contributed by atoms with van der Waals surface area (Å²) in [4.78, 5) is 2.55. The number of nitrogens with one attached hydrogen (secondary N) is 1. The smallest absolute Gasteiger partial charge is 0.123 e. The highest BCUT2D eigenvalue weighted by atomic mass is 19.1. The van der Waals surface area contributed by atoms with E-state index in [1.165, 1.54) is 31.7 Å². The minimum atomic E-state index is -0.132. The Morgan fingerprint density at radius 2 is 2.10 bits per heavy atom. The number of piperazine rings is 1. The zero-order chi connectivity index (χ0) is 14.2. The summed E-state index contributed by atoms with van der Waals surface area (Å²) in [5.41, 5.74) is 1.40. The molecule has 1 aliphatic carbocycles. The third-order valence-electron chi connectivity index (χ3n) is 5.21. The third kappa shape index (κ3) is 2.61. The van der Waals surface area contributed by atoms with Crippen molar-refractivity contribution in [2.24, 2.45) is 0 Å². The van der Waals surface area contributed by atoms with Gasteiger partial charge in [0.05, 0.1) is 0 Å². The molecule has 2 unspecified atom stereocenters. The molecule has 0 aromatic heterocycles. The van der Waals surface area contributed by atoms with Crippen molar-refractivity contribution in [1.82, 2.24) is 10.2 Å². The fourth-order valence-corrected chi connectivity index (χ4v) is 3.91. The van der Waals surface area contributed by atoms with Crippen molar-refractivity contribution in [1.29, 1.82) is 0 Å². The van der Waals surface area contributed by atoms with Gasteiger partial charge in [-0.3, -0.25) is 4.90 Å². The van der Waals surface area contributed by atoms with Crippen molar-refractivity contribution in [2.45, 2.75) is 57.2 Å². The average Bonchev–Trinajstić information content (AvgIpc) is 2.89. The van der Waals surface area contributed by atoms with Crippen LogP contribution in [0.2, 0.25) is 0 Å². The molecule has 2 nitrogen and oxygen atoms in total. The molecule has 1 heterocycles. The molecule has 1 N–H and O–H groups in total. The van der Waals surface area contributed by atoms with Crippen molar-refractivity contribution in [3.05, 3.63) is 35.6 Å². The van der Waals surface area contributed by atoms with Gasteiger partial charge in [-0.25, -0.2) is 4.39 Å². The highest BCUT2D eigenvalue weighted by molar-refractivity contribution is 5.20. The maximum atomic E-state index is 13.5. The van der Waals surface area contributed by atoms with Crippen LogP contribution in [0.3, 0.4) is 0 Å². The zero-order valence-electron chi connectivity index (χ0n) is 12.5. The standard InChI is InChI=1S/C17H25FN2/c1-13-11-19-17(8-3-4-9-17)12-20(13)14(2)15-6-5-7-16(18)10-15/h5-7,10,13-14,19H,3-4,8-9,11-12H2,1-2H3. The van der Waals surface area contributed by atoms with Crippen LogP contribution in [0, 0.1) is 5.82 Å². The molecular weight excluding hydrogens is 251 g/mol. The lowest BCUT2D eigenvalue weighted by atomic mass is 9.90. The first kappa shape index (κ1) is 14.0. The average molecular weight is 276 g/mol. The van der Waals surface area contributed by atoms with E-state index in [1.807, 2.05) is 12.1 Å². The van der Waals surface area contributed by atoms with E-state index >= 15 is 0 Å². The topological polar surface area (TPSA) is 15.3 Å². The Morgan fingerprint density at radius 3 is 2.80 bits per heavy atom. The summed E-state index contributed by atoms with van der Waals surface area (Å²) in [6, 6.07) is 7.85. The molecule has 0 amide bonds. The first-order valence-corrected chi connectivity index (χ1v) is 7.86. The molecule has 110 valence electrons. The van der Waals surface area contributed by atoms with E-state index in [0.717, 1.165) is 18.7 Å². The number of nitrogens with zero attached hydrogens (tertiary/aromatic N) is 1. The molecule has 2 atom stereocenters. The molecular formula is C17H25FN2. The summed E-state index contributed by atoms with van der Waals surface area (Å²) < 4.78 is 13.5. The Balaban J connectivity index is 1.80. The first-order valence-electron chi connectivity index (χ1n) is 7.86. The largest absolute Gasteiger partial charge is 0.308 e. The van der Waals surface area contributed by atoms with Crippen molar-refractivity contribution >= 4 is 0 Å². The normalized spacial score (nSPS) is 27.9. The van der Waals surface area contributed by atoms with E-state index in [4.69, 9.17) is 0 Å². The minimum absolute atomic E-state index is 0.132.